The monoisotopic (exact) mass is 422 g/mol. The van der Waals surface area contributed by atoms with Gasteiger partial charge in [0.25, 0.3) is 0 Å². The Morgan fingerprint density at radius 1 is 1.00 bits per heavy atom. The molecule has 1 aliphatic rings. The van der Waals surface area contributed by atoms with E-state index in [-0.39, 0.29) is 10.8 Å². The van der Waals surface area contributed by atoms with Gasteiger partial charge >= 0.3 is 0 Å². The molecule has 0 spiro atoms. The summed E-state index contributed by atoms with van der Waals surface area (Å²) in [5, 5.41) is 8.66. The number of halogens is 1. The Balaban J connectivity index is 1.43. The number of benzene rings is 2. The van der Waals surface area contributed by atoms with Crippen molar-refractivity contribution in [3.63, 3.8) is 0 Å². The molecule has 0 unspecified atom stereocenters. The summed E-state index contributed by atoms with van der Waals surface area (Å²) in [5.74, 6) is -0.0598. The van der Waals surface area contributed by atoms with Gasteiger partial charge in [-0.2, -0.15) is 0 Å². The number of nitrogens with zero attached hydrogens (tertiary/aromatic N) is 2. The SMILES string of the molecule is NS(=O)(=O)c1ccc(CNC(=O)CN2CCN(c3ccc(Cl)cc3)CC2)cc1. The minimum Gasteiger partial charge on any atom is -0.369 e. The van der Waals surface area contributed by atoms with Gasteiger partial charge in [0.15, 0.2) is 0 Å². The smallest absolute Gasteiger partial charge is 0.238 e. The molecule has 150 valence electrons. The summed E-state index contributed by atoms with van der Waals surface area (Å²) in [4.78, 5) is 16.7. The first-order valence-corrected chi connectivity index (χ1v) is 10.8. The van der Waals surface area contributed by atoms with Crippen LogP contribution in [-0.2, 0) is 21.4 Å². The Bertz CT molecular complexity index is 909. The molecule has 3 rings (SSSR count). The van der Waals surface area contributed by atoms with Crippen LogP contribution < -0.4 is 15.4 Å². The normalized spacial score (nSPS) is 15.4. The first kappa shape index (κ1) is 20.6. The van der Waals surface area contributed by atoms with E-state index in [0.29, 0.717) is 13.1 Å². The lowest BCUT2D eigenvalue weighted by atomic mass is 10.2. The first-order chi connectivity index (χ1) is 13.3. The van der Waals surface area contributed by atoms with E-state index in [4.69, 9.17) is 16.7 Å². The van der Waals surface area contributed by atoms with Crippen LogP contribution in [0.2, 0.25) is 5.02 Å². The molecule has 0 atom stereocenters. The van der Waals surface area contributed by atoms with Gasteiger partial charge in [-0.15, -0.1) is 0 Å². The predicted molar refractivity (Wildman–Crippen MR) is 110 cm³/mol. The van der Waals surface area contributed by atoms with Crippen LogP contribution in [0.3, 0.4) is 0 Å². The van der Waals surface area contributed by atoms with E-state index in [2.05, 4.69) is 15.1 Å². The Kier molecular flexibility index (Phi) is 6.56. The fourth-order valence-corrected chi connectivity index (χ4v) is 3.71. The van der Waals surface area contributed by atoms with E-state index < -0.39 is 10.0 Å². The highest BCUT2D eigenvalue weighted by atomic mass is 35.5. The Morgan fingerprint density at radius 3 is 2.18 bits per heavy atom. The third-order valence-electron chi connectivity index (χ3n) is 4.67. The molecule has 9 heteroatoms. The van der Waals surface area contributed by atoms with Crippen molar-refractivity contribution in [3.05, 3.63) is 59.1 Å². The maximum absolute atomic E-state index is 12.2. The molecule has 0 radical (unpaired) electrons. The van der Waals surface area contributed by atoms with E-state index in [1.165, 1.54) is 12.1 Å². The van der Waals surface area contributed by atoms with Gasteiger partial charge in [0.05, 0.1) is 11.4 Å². The van der Waals surface area contributed by atoms with Gasteiger partial charge in [-0.05, 0) is 42.0 Å². The van der Waals surface area contributed by atoms with Crippen molar-refractivity contribution in [2.24, 2.45) is 5.14 Å². The molecule has 0 bridgehead atoms. The van der Waals surface area contributed by atoms with E-state index in [1.54, 1.807) is 12.1 Å². The molecule has 0 aromatic heterocycles. The number of nitrogens with two attached hydrogens (primary N) is 1. The fraction of sp³-hybridized carbons (Fsp3) is 0.316. The Labute approximate surface area is 170 Å². The molecular formula is C19H23ClN4O3S. The van der Waals surface area contributed by atoms with E-state index in [0.717, 1.165) is 42.5 Å². The largest absolute Gasteiger partial charge is 0.369 e. The Hall–Kier alpha value is -2.13. The van der Waals surface area contributed by atoms with Crippen LogP contribution >= 0.6 is 11.6 Å². The number of sulfonamides is 1. The molecule has 7 nitrogen and oxygen atoms in total. The van der Waals surface area contributed by atoms with Crippen LogP contribution in [0.25, 0.3) is 0 Å². The van der Waals surface area contributed by atoms with Crippen molar-refractivity contribution in [1.82, 2.24) is 10.2 Å². The summed E-state index contributed by atoms with van der Waals surface area (Å²) in [7, 11) is -3.70. The van der Waals surface area contributed by atoms with Gasteiger partial charge < -0.3 is 10.2 Å². The fourth-order valence-electron chi connectivity index (χ4n) is 3.07. The number of piperazine rings is 1. The number of hydrogen-bond donors (Lipinski definition) is 2. The van der Waals surface area contributed by atoms with Crippen molar-refractivity contribution >= 4 is 33.2 Å². The van der Waals surface area contributed by atoms with Crippen molar-refractivity contribution in [1.29, 1.82) is 0 Å². The molecule has 3 N–H and O–H groups in total. The summed E-state index contributed by atoms with van der Waals surface area (Å²) in [6, 6.07) is 13.9. The van der Waals surface area contributed by atoms with Gasteiger partial charge in [0.2, 0.25) is 15.9 Å². The topological polar surface area (TPSA) is 95.7 Å². The third-order valence-corrected chi connectivity index (χ3v) is 5.85. The molecule has 2 aromatic carbocycles. The van der Waals surface area contributed by atoms with Crippen LogP contribution in [-0.4, -0.2) is 51.9 Å². The highest BCUT2D eigenvalue weighted by Gasteiger charge is 2.19. The second kappa shape index (κ2) is 8.91. The maximum atomic E-state index is 12.2. The maximum Gasteiger partial charge on any atom is 0.238 e. The highest BCUT2D eigenvalue weighted by molar-refractivity contribution is 7.89. The second-order valence-corrected chi connectivity index (χ2v) is 8.70. The molecule has 1 amide bonds. The number of rotatable bonds is 6. The minimum absolute atomic E-state index is 0.0566. The summed E-state index contributed by atoms with van der Waals surface area (Å²) in [6.07, 6.45) is 0. The van der Waals surface area contributed by atoms with E-state index in [1.807, 2.05) is 24.3 Å². The van der Waals surface area contributed by atoms with Crippen molar-refractivity contribution in [2.75, 3.05) is 37.6 Å². The van der Waals surface area contributed by atoms with Gasteiger partial charge in [0, 0.05) is 43.4 Å². The quantitative estimate of drug-likeness (QED) is 0.734. The lowest BCUT2D eigenvalue weighted by Gasteiger charge is -2.35. The van der Waals surface area contributed by atoms with Crippen LogP contribution in [0, 0.1) is 0 Å². The number of primary sulfonamides is 1. The standard InChI is InChI=1S/C19H23ClN4O3S/c20-16-3-5-17(6-4-16)24-11-9-23(10-12-24)14-19(25)22-13-15-1-7-18(8-2-15)28(21,26)27/h1-8H,9-14H2,(H,22,25)(H2,21,26,27). The lowest BCUT2D eigenvalue weighted by Crippen LogP contribution is -2.49. The summed E-state index contributed by atoms with van der Waals surface area (Å²) >= 11 is 5.93. The van der Waals surface area contributed by atoms with Crippen molar-refractivity contribution < 1.29 is 13.2 Å². The number of carbonyl (C=O) groups is 1. The van der Waals surface area contributed by atoms with Crippen LogP contribution in [0.1, 0.15) is 5.56 Å². The van der Waals surface area contributed by atoms with E-state index >= 15 is 0 Å². The molecule has 1 heterocycles. The zero-order chi connectivity index (χ0) is 20.1. The molecule has 1 saturated heterocycles. The Morgan fingerprint density at radius 2 is 1.61 bits per heavy atom. The van der Waals surface area contributed by atoms with Gasteiger partial charge in [-0.1, -0.05) is 23.7 Å². The summed E-state index contributed by atoms with van der Waals surface area (Å²) < 4.78 is 22.5. The van der Waals surface area contributed by atoms with Crippen LogP contribution in [0.5, 0.6) is 0 Å². The molecule has 0 aliphatic carbocycles. The summed E-state index contributed by atoms with van der Waals surface area (Å²) in [5.41, 5.74) is 1.95. The second-order valence-electron chi connectivity index (χ2n) is 6.71. The highest BCUT2D eigenvalue weighted by Crippen LogP contribution is 2.19. The number of carbonyl (C=O) groups excluding carboxylic acids is 1. The zero-order valence-corrected chi connectivity index (χ0v) is 16.9. The number of anilines is 1. The number of hydrogen-bond acceptors (Lipinski definition) is 5. The average molecular weight is 423 g/mol. The van der Waals surface area contributed by atoms with E-state index in [9.17, 15) is 13.2 Å². The average Bonchev–Trinajstić information content (AvgIpc) is 2.67. The van der Waals surface area contributed by atoms with Crippen molar-refractivity contribution in [2.45, 2.75) is 11.4 Å². The third kappa shape index (κ3) is 5.68. The number of nitrogens with one attached hydrogen (secondary N) is 1. The van der Waals surface area contributed by atoms with Gasteiger partial charge in [0.1, 0.15) is 0 Å². The van der Waals surface area contributed by atoms with Gasteiger partial charge in [-0.3, -0.25) is 9.69 Å². The summed E-state index contributed by atoms with van der Waals surface area (Å²) in [6.45, 7) is 3.99. The molecule has 28 heavy (non-hydrogen) atoms. The predicted octanol–water partition coefficient (Wildman–Crippen LogP) is 1.43. The molecule has 2 aromatic rings. The van der Waals surface area contributed by atoms with Crippen molar-refractivity contribution in [3.8, 4) is 0 Å². The molecule has 1 aliphatic heterocycles. The van der Waals surface area contributed by atoms with Gasteiger partial charge in [-0.25, -0.2) is 13.6 Å². The minimum atomic E-state index is -3.70. The molecular weight excluding hydrogens is 400 g/mol. The lowest BCUT2D eigenvalue weighted by molar-refractivity contribution is -0.122. The molecule has 0 saturated carbocycles. The molecule has 1 fully saturated rings. The zero-order valence-electron chi connectivity index (χ0n) is 15.3. The van der Waals surface area contributed by atoms with Crippen LogP contribution in [0.4, 0.5) is 5.69 Å². The van der Waals surface area contributed by atoms with Crippen LogP contribution in [0.15, 0.2) is 53.4 Å². The number of amides is 1. The first-order valence-electron chi connectivity index (χ1n) is 8.92.